The normalized spacial score (nSPS) is 47.7. The van der Waals surface area contributed by atoms with Gasteiger partial charge in [-0.25, -0.2) is 0 Å². The predicted molar refractivity (Wildman–Crippen MR) is 75.5 cm³/mol. The average molecular weight is 250 g/mol. The largest absolute Gasteiger partial charge is 0.369 e. The number of hydrogen-bond acceptors (Lipinski definition) is 1. The molecule has 1 nitrogen and oxygen atoms in total. The number of ether oxygens (including phenoxy) is 1. The van der Waals surface area contributed by atoms with Crippen LogP contribution >= 0.6 is 0 Å². The lowest BCUT2D eigenvalue weighted by Gasteiger charge is -2.35. The van der Waals surface area contributed by atoms with Crippen LogP contribution in [0.1, 0.15) is 71.6 Å². The molecule has 3 saturated carbocycles. The Hall–Kier alpha value is -0.0400. The molecular formula is C17H30O. The third-order valence-corrected chi connectivity index (χ3v) is 5.89. The number of epoxide rings is 1. The van der Waals surface area contributed by atoms with Crippen LogP contribution in [-0.4, -0.2) is 12.2 Å². The van der Waals surface area contributed by atoms with Gasteiger partial charge in [0.05, 0.1) is 12.2 Å². The van der Waals surface area contributed by atoms with Crippen LogP contribution in [0.4, 0.5) is 0 Å². The highest BCUT2D eigenvalue weighted by Crippen LogP contribution is 2.58. The van der Waals surface area contributed by atoms with E-state index in [2.05, 4.69) is 13.8 Å². The van der Waals surface area contributed by atoms with Crippen LogP contribution in [-0.2, 0) is 4.74 Å². The molecule has 1 heteroatoms. The molecule has 0 radical (unpaired) electrons. The van der Waals surface area contributed by atoms with Crippen molar-refractivity contribution >= 4 is 0 Å². The smallest absolute Gasteiger partial charge is 0.0872 e. The Kier molecular flexibility index (Phi) is 3.98. The van der Waals surface area contributed by atoms with Gasteiger partial charge in [-0.2, -0.15) is 0 Å². The van der Waals surface area contributed by atoms with Gasteiger partial charge in [0.25, 0.3) is 0 Å². The first-order valence-corrected chi connectivity index (χ1v) is 8.48. The molecule has 104 valence electrons. The molecule has 0 aromatic rings. The first kappa shape index (κ1) is 13.0. The summed E-state index contributed by atoms with van der Waals surface area (Å²) in [6.45, 7) is 4.42. The van der Waals surface area contributed by atoms with Crippen molar-refractivity contribution in [2.24, 2.45) is 23.7 Å². The van der Waals surface area contributed by atoms with Crippen molar-refractivity contribution in [2.45, 2.75) is 83.8 Å². The topological polar surface area (TPSA) is 12.5 Å². The monoisotopic (exact) mass is 250 g/mol. The van der Waals surface area contributed by atoms with Gasteiger partial charge in [-0.1, -0.05) is 52.4 Å². The minimum atomic E-state index is 0.717. The molecule has 4 fully saturated rings. The maximum absolute atomic E-state index is 5.67. The lowest BCUT2D eigenvalue weighted by molar-refractivity contribution is 0.0944. The molecule has 1 heterocycles. The number of rotatable bonds is 2. The van der Waals surface area contributed by atoms with Crippen LogP contribution in [0.5, 0.6) is 0 Å². The van der Waals surface area contributed by atoms with E-state index in [0.29, 0.717) is 6.10 Å². The van der Waals surface area contributed by atoms with Crippen LogP contribution in [0, 0.1) is 23.7 Å². The summed E-state index contributed by atoms with van der Waals surface area (Å²) in [7, 11) is 0. The molecule has 0 spiro atoms. The Bertz CT molecular complexity index is 273. The molecule has 0 aromatic carbocycles. The second-order valence-corrected chi connectivity index (χ2v) is 7.07. The van der Waals surface area contributed by atoms with Gasteiger partial charge in [0.1, 0.15) is 0 Å². The van der Waals surface area contributed by atoms with Gasteiger partial charge in [-0.05, 0) is 42.9 Å². The van der Waals surface area contributed by atoms with E-state index in [4.69, 9.17) is 4.74 Å². The van der Waals surface area contributed by atoms with E-state index in [1.54, 1.807) is 12.8 Å². The fraction of sp³-hybridized carbons (Fsp3) is 1.00. The molecule has 0 amide bonds. The summed E-state index contributed by atoms with van der Waals surface area (Å²) in [6.07, 6.45) is 14.6. The zero-order valence-corrected chi connectivity index (χ0v) is 12.2. The molecule has 1 aliphatic heterocycles. The molecule has 4 aliphatic rings. The first-order valence-electron chi connectivity index (χ1n) is 8.48. The summed E-state index contributed by atoms with van der Waals surface area (Å²) in [6, 6.07) is 0. The average Bonchev–Trinajstić information content (AvgIpc) is 2.84. The summed E-state index contributed by atoms with van der Waals surface area (Å²) < 4.78 is 5.67. The van der Waals surface area contributed by atoms with Crippen LogP contribution in [0.3, 0.4) is 0 Å². The Balaban J connectivity index is 0.000000175. The highest BCUT2D eigenvalue weighted by Gasteiger charge is 2.58. The number of hydrogen-bond donors (Lipinski definition) is 0. The van der Waals surface area contributed by atoms with Crippen molar-refractivity contribution < 1.29 is 4.74 Å². The van der Waals surface area contributed by atoms with Crippen molar-refractivity contribution in [3.05, 3.63) is 0 Å². The van der Waals surface area contributed by atoms with E-state index >= 15 is 0 Å². The fourth-order valence-electron chi connectivity index (χ4n) is 4.89. The summed E-state index contributed by atoms with van der Waals surface area (Å²) in [5, 5.41) is 0. The zero-order chi connectivity index (χ0) is 12.5. The SMILES string of the molecule is C1CC2CC3CC4OC4C3CC2C1.CCCCC. The van der Waals surface area contributed by atoms with Gasteiger partial charge in [-0.15, -0.1) is 0 Å². The zero-order valence-electron chi connectivity index (χ0n) is 12.2. The third-order valence-electron chi connectivity index (χ3n) is 5.89. The van der Waals surface area contributed by atoms with Crippen molar-refractivity contribution in [1.82, 2.24) is 0 Å². The lowest BCUT2D eigenvalue weighted by atomic mass is 9.70. The molecule has 4 rings (SSSR count). The van der Waals surface area contributed by atoms with Gasteiger partial charge in [0.15, 0.2) is 0 Å². The molecule has 6 atom stereocenters. The molecule has 18 heavy (non-hydrogen) atoms. The van der Waals surface area contributed by atoms with Crippen molar-refractivity contribution in [3.63, 3.8) is 0 Å². The van der Waals surface area contributed by atoms with Crippen LogP contribution < -0.4 is 0 Å². The molecular weight excluding hydrogens is 220 g/mol. The van der Waals surface area contributed by atoms with Crippen molar-refractivity contribution in [2.75, 3.05) is 0 Å². The number of unbranched alkanes of at least 4 members (excludes halogenated alkanes) is 2. The minimum absolute atomic E-state index is 0.717. The standard InChI is InChI=1S/C12H18O.C5H12/c1-2-7-4-9-6-11-12(13-11)10(9)5-8(7)3-1;1-3-5-4-2/h7-12H,1-6H2;3-5H2,1-2H3. The van der Waals surface area contributed by atoms with Gasteiger partial charge in [-0.3, -0.25) is 0 Å². The first-order chi connectivity index (χ1) is 8.83. The van der Waals surface area contributed by atoms with Crippen molar-refractivity contribution in [3.8, 4) is 0 Å². The summed E-state index contributed by atoms with van der Waals surface area (Å²) in [5.41, 5.74) is 0. The Labute approximate surface area is 113 Å². The second-order valence-electron chi connectivity index (χ2n) is 7.07. The van der Waals surface area contributed by atoms with Gasteiger partial charge in [0.2, 0.25) is 0 Å². The highest BCUT2D eigenvalue weighted by molar-refractivity contribution is 5.06. The van der Waals surface area contributed by atoms with E-state index in [-0.39, 0.29) is 0 Å². The molecule has 0 bridgehead atoms. The minimum Gasteiger partial charge on any atom is -0.369 e. The Morgan fingerprint density at radius 2 is 1.61 bits per heavy atom. The van der Waals surface area contributed by atoms with E-state index in [1.165, 1.54) is 44.9 Å². The third kappa shape index (κ3) is 2.48. The summed E-state index contributed by atoms with van der Waals surface area (Å²) >= 11 is 0. The van der Waals surface area contributed by atoms with Crippen LogP contribution in [0.2, 0.25) is 0 Å². The summed E-state index contributed by atoms with van der Waals surface area (Å²) in [5.74, 6) is 4.29. The van der Waals surface area contributed by atoms with Gasteiger partial charge in [0, 0.05) is 0 Å². The molecule has 6 unspecified atom stereocenters. The van der Waals surface area contributed by atoms with Gasteiger partial charge >= 0.3 is 0 Å². The second kappa shape index (κ2) is 5.53. The van der Waals surface area contributed by atoms with E-state index in [1.807, 2.05) is 0 Å². The van der Waals surface area contributed by atoms with Crippen LogP contribution in [0.25, 0.3) is 0 Å². The quantitative estimate of drug-likeness (QED) is 0.642. The van der Waals surface area contributed by atoms with E-state index in [9.17, 15) is 0 Å². The molecule has 0 N–H and O–H groups in total. The molecule has 3 aliphatic carbocycles. The van der Waals surface area contributed by atoms with Crippen LogP contribution in [0.15, 0.2) is 0 Å². The van der Waals surface area contributed by atoms with E-state index < -0.39 is 0 Å². The summed E-state index contributed by atoms with van der Waals surface area (Å²) in [4.78, 5) is 0. The molecule has 0 aromatic heterocycles. The Morgan fingerprint density at radius 3 is 2.28 bits per heavy atom. The Morgan fingerprint density at radius 1 is 0.889 bits per heavy atom. The fourth-order valence-corrected chi connectivity index (χ4v) is 4.89. The lowest BCUT2D eigenvalue weighted by Crippen LogP contribution is -2.29. The molecule has 1 saturated heterocycles. The maximum Gasteiger partial charge on any atom is 0.0872 e. The maximum atomic E-state index is 5.67. The van der Waals surface area contributed by atoms with Crippen molar-refractivity contribution in [1.29, 1.82) is 0 Å². The number of fused-ring (bicyclic) bond motifs is 4. The van der Waals surface area contributed by atoms with E-state index in [0.717, 1.165) is 29.8 Å². The highest BCUT2D eigenvalue weighted by atomic mass is 16.6. The van der Waals surface area contributed by atoms with Gasteiger partial charge < -0.3 is 4.74 Å². The predicted octanol–water partition coefficient (Wildman–Crippen LogP) is 4.80.